The van der Waals surface area contributed by atoms with E-state index in [0.29, 0.717) is 34.1 Å². The van der Waals surface area contributed by atoms with Gasteiger partial charge in [-0.25, -0.2) is 26.4 Å². The van der Waals surface area contributed by atoms with Crippen LogP contribution in [0.1, 0.15) is 20.7 Å². The minimum atomic E-state index is -4.22. The minimum absolute atomic E-state index is 0. The van der Waals surface area contributed by atoms with E-state index < -0.39 is 32.0 Å². The molecule has 10 rings (SSSR count). The van der Waals surface area contributed by atoms with Crippen LogP contribution in [0.2, 0.25) is 0 Å². The summed E-state index contributed by atoms with van der Waals surface area (Å²) in [5.41, 5.74) is 2.62. The summed E-state index contributed by atoms with van der Waals surface area (Å²) in [6.45, 7) is 0. The quantitative estimate of drug-likeness (QED) is 0.0445. The number of azo groups is 2. The number of aromatic hydroxyl groups is 2. The molecule has 397 valence electrons. The molecule has 1 radical (unpaired) electrons. The molecule has 10 aromatic carbocycles. The van der Waals surface area contributed by atoms with E-state index in [4.69, 9.17) is 0 Å². The zero-order valence-electron chi connectivity index (χ0n) is 43.9. The predicted octanol–water partition coefficient (Wildman–Crippen LogP) is 6.60. The number of hydrogen-bond donors (Lipinski definition) is 6. The monoisotopic (exact) mass is 1200 g/mol. The molecule has 0 heterocycles. The summed E-state index contributed by atoms with van der Waals surface area (Å²) in [5, 5.41) is 69.5. The van der Waals surface area contributed by atoms with E-state index in [9.17, 15) is 46.9 Å². The molecular formula is C58H42CoN8Na3O10S2+. The number of carboxylic acid groups (broad SMARTS) is 2. The van der Waals surface area contributed by atoms with Crippen LogP contribution in [0.4, 0.5) is 56.9 Å². The first-order chi connectivity index (χ1) is 37.6. The molecular weight excluding hydrogens is 1160 g/mol. The maximum atomic E-state index is 13.1. The van der Waals surface area contributed by atoms with Gasteiger partial charge >= 0.3 is 101 Å². The number of anilines is 2. The van der Waals surface area contributed by atoms with Crippen molar-refractivity contribution in [3.8, 4) is 11.5 Å². The van der Waals surface area contributed by atoms with Crippen LogP contribution >= 0.6 is 0 Å². The summed E-state index contributed by atoms with van der Waals surface area (Å²) >= 11 is 0. The van der Waals surface area contributed by atoms with Gasteiger partial charge in [-0.2, -0.15) is 10.2 Å². The van der Waals surface area contributed by atoms with Crippen LogP contribution in [-0.2, 0) is 36.8 Å². The molecule has 0 aliphatic heterocycles. The molecule has 0 atom stereocenters. The molecule has 10 aromatic rings. The van der Waals surface area contributed by atoms with Gasteiger partial charge in [0.1, 0.15) is 22.9 Å². The Labute approximate surface area is 548 Å². The number of nitrogens with zero attached hydrogens (tertiary/aromatic N) is 6. The van der Waals surface area contributed by atoms with Crippen molar-refractivity contribution in [3.63, 3.8) is 0 Å². The minimum Gasteiger partial charge on any atom is -0.656 e. The van der Waals surface area contributed by atoms with E-state index in [1.54, 1.807) is 0 Å². The maximum absolute atomic E-state index is 13.1. The summed E-state index contributed by atoms with van der Waals surface area (Å²) in [6, 6.07) is 59.6. The van der Waals surface area contributed by atoms with Gasteiger partial charge in [-0.3, -0.25) is 9.44 Å². The summed E-state index contributed by atoms with van der Waals surface area (Å²) in [4.78, 5) is 22.5. The third-order valence-electron chi connectivity index (χ3n) is 11.6. The number of fused-ring (bicyclic) bond motifs is 2. The van der Waals surface area contributed by atoms with E-state index in [1.807, 2.05) is 133 Å². The second-order valence-corrected chi connectivity index (χ2v) is 20.2. The van der Waals surface area contributed by atoms with Crippen molar-refractivity contribution < 1.29 is 152 Å². The second-order valence-electron chi connectivity index (χ2n) is 16.8. The number of nitrogens with one attached hydrogen (secondary N) is 2. The molecule has 0 aliphatic rings. The van der Waals surface area contributed by atoms with Crippen molar-refractivity contribution in [1.29, 1.82) is 0 Å². The molecule has 24 heteroatoms. The van der Waals surface area contributed by atoms with E-state index in [-0.39, 0.29) is 161 Å². The molecule has 0 saturated heterocycles. The van der Waals surface area contributed by atoms with E-state index in [0.717, 1.165) is 33.7 Å². The van der Waals surface area contributed by atoms with Gasteiger partial charge in [-0.05, 0) is 71.4 Å². The SMILES string of the molecule is O=C(O)c1ccccc1NS(=O)(=O)c1ccc(O)c(N=Nc2c([N-]c3ccccc3)ccc3ccccc23)c1.O=C(O)c1ccccc1NS(=O)(=O)c1ccc(O)c(N=Nc2c([N-]c3ccccc3)ccc3ccccc23)c1.[Co].[Na+].[Na+].[Na+]. The molecule has 0 aromatic heterocycles. The first-order valence-corrected chi connectivity index (χ1v) is 26.4. The molecule has 0 aliphatic carbocycles. The van der Waals surface area contributed by atoms with Gasteiger partial charge in [0.25, 0.3) is 20.0 Å². The van der Waals surface area contributed by atoms with E-state index in [1.165, 1.54) is 72.8 Å². The van der Waals surface area contributed by atoms with Crippen molar-refractivity contribution in [2.24, 2.45) is 20.5 Å². The van der Waals surface area contributed by atoms with Gasteiger partial charge in [0, 0.05) is 27.6 Å². The van der Waals surface area contributed by atoms with Gasteiger partial charge in [-0.15, -0.1) is 33.0 Å². The van der Waals surface area contributed by atoms with Gasteiger partial charge in [0.2, 0.25) is 0 Å². The zero-order chi connectivity index (χ0) is 54.8. The van der Waals surface area contributed by atoms with Crippen LogP contribution in [0, 0.1) is 0 Å². The van der Waals surface area contributed by atoms with Gasteiger partial charge < -0.3 is 31.1 Å². The third kappa shape index (κ3) is 16.2. The zero-order valence-corrected chi connectivity index (χ0v) is 52.5. The number of para-hydroxylation sites is 4. The molecule has 82 heavy (non-hydrogen) atoms. The molecule has 0 spiro atoms. The van der Waals surface area contributed by atoms with Gasteiger partial charge in [0.15, 0.2) is 0 Å². The van der Waals surface area contributed by atoms with Crippen molar-refractivity contribution >= 4 is 110 Å². The molecule has 0 saturated carbocycles. The topological polar surface area (TPSA) is 285 Å². The van der Waals surface area contributed by atoms with E-state index in [2.05, 4.69) is 40.5 Å². The van der Waals surface area contributed by atoms with Crippen LogP contribution in [0.5, 0.6) is 11.5 Å². The average Bonchev–Trinajstić information content (AvgIpc) is 3.60. The van der Waals surface area contributed by atoms with Crippen LogP contribution in [0.3, 0.4) is 0 Å². The Kier molecular flexibility index (Phi) is 24.0. The summed E-state index contributed by atoms with van der Waals surface area (Å²) in [6.07, 6.45) is 0. The standard InChI is InChI=1S/2C29H22N4O5S.Co.3Na/c2*34-27-17-15-21(39(37,38)33-24-13-7-6-12-23(24)29(35)36)18-26(27)31-32-28-22-11-5-4-8-19(22)14-16-25(28)30-20-9-2-1-3-10-20;;;;/h2*1-18,33H,(H3,30,31,32,34,35,36);;;;/q;;;3*+1/p-2. The van der Waals surface area contributed by atoms with Gasteiger partial charge in [-0.1, -0.05) is 158 Å². The molecule has 18 nitrogen and oxygen atoms in total. The number of carbonyl (C=O) groups is 2. The number of phenolic OH excluding ortho intramolecular Hbond substituents is 2. The fourth-order valence-electron chi connectivity index (χ4n) is 7.79. The van der Waals surface area contributed by atoms with Crippen molar-refractivity contribution in [2.75, 3.05) is 9.44 Å². The molecule has 6 N–H and O–H groups in total. The average molecular weight is 1200 g/mol. The number of phenols is 2. The predicted molar refractivity (Wildman–Crippen MR) is 299 cm³/mol. The fraction of sp³-hybridized carbons (Fsp3) is 0. The van der Waals surface area contributed by atoms with Gasteiger partial charge in [0.05, 0.1) is 43.7 Å². The molecule has 0 unspecified atom stereocenters. The largest absolute Gasteiger partial charge is 1.00 e. The Hall–Kier alpha value is -6.93. The number of hydrogen-bond acceptors (Lipinski definition) is 12. The fourth-order valence-corrected chi connectivity index (χ4v) is 9.99. The Bertz CT molecular complexity index is 3940. The smallest absolute Gasteiger partial charge is 0.656 e. The number of rotatable bonds is 16. The van der Waals surface area contributed by atoms with Crippen LogP contribution < -0.4 is 98.1 Å². The number of sulfonamides is 2. The first kappa shape index (κ1) is 65.9. The maximum Gasteiger partial charge on any atom is 1.00 e. The van der Waals surface area contributed by atoms with Crippen LogP contribution in [0.25, 0.3) is 32.2 Å². The Morgan fingerprint density at radius 3 is 1.12 bits per heavy atom. The number of benzene rings is 10. The summed E-state index contributed by atoms with van der Waals surface area (Å²) in [7, 11) is -8.44. The Morgan fingerprint density at radius 1 is 0.402 bits per heavy atom. The Morgan fingerprint density at radius 2 is 0.744 bits per heavy atom. The van der Waals surface area contributed by atoms with Crippen LogP contribution in [-0.4, -0.2) is 49.2 Å². The first-order valence-electron chi connectivity index (χ1n) is 23.4. The second kappa shape index (κ2) is 29.9. The molecule has 0 amide bonds. The Balaban J connectivity index is 0.000000287. The third-order valence-corrected chi connectivity index (χ3v) is 14.3. The number of aromatic carboxylic acids is 2. The summed E-state index contributed by atoms with van der Waals surface area (Å²) < 4.78 is 56.9. The van der Waals surface area contributed by atoms with Crippen molar-refractivity contribution in [3.05, 3.63) is 240 Å². The summed E-state index contributed by atoms with van der Waals surface area (Å²) in [5.74, 6) is -3.13. The number of carboxylic acids is 2. The van der Waals surface area contributed by atoms with Crippen molar-refractivity contribution in [1.82, 2.24) is 0 Å². The van der Waals surface area contributed by atoms with Crippen molar-refractivity contribution in [2.45, 2.75) is 9.79 Å². The van der Waals surface area contributed by atoms with Crippen LogP contribution in [0.15, 0.2) is 249 Å². The molecule has 0 fully saturated rings. The van der Waals surface area contributed by atoms with E-state index >= 15 is 0 Å². The normalized spacial score (nSPS) is 10.9. The molecule has 0 bridgehead atoms.